The fourth-order valence-corrected chi connectivity index (χ4v) is 3.00. The average Bonchev–Trinajstić information content (AvgIpc) is 2.70. The molecule has 1 rings (SSSR count). The van der Waals surface area contributed by atoms with Crippen LogP contribution in [0.1, 0.15) is 38.8 Å². The van der Waals surface area contributed by atoms with Gasteiger partial charge in [-0.25, -0.2) is 0 Å². The third-order valence-electron chi connectivity index (χ3n) is 3.34. The quantitative estimate of drug-likeness (QED) is 0.539. The van der Waals surface area contributed by atoms with Crippen LogP contribution < -0.4 is 11.1 Å². The Balaban J connectivity index is 2.41. The molecule has 0 fully saturated rings. The standard InChI is InChI=1S/C14H26N4OS/c1-5-8-16-14(3,13(15)19)7-6-9-20-12-10-11(2)17-18(12)4/h10,16H,5-9H2,1-4H3,(H2,15,19). The van der Waals surface area contributed by atoms with Gasteiger partial charge >= 0.3 is 0 Å². The van der Waals surface area contributed by atoms with E-state index in [1.807, 2.05) is 25.6 Å². The van der Waals surface area contributed by atoms with Crippen molar-refractivity contribution in [3.05, 3.63) is 11.8 Å². The third-order valence-corrected chi connectivity index (χ3v) is 4.51. The largest absolute Gasteiger partial charge is 0.368 e. The van der Waals surface area contributed by atoms with Crippen molar-refractivity contribution in [1.82, 2.24) is 15.1 Å². The van der Waals surface area contributed by atoms with Gasteiger partial charge in [0.15, 0.2) is 0 Å². The molecule has 0 aliphatic heterocycles. The number of nitrogens with one attached hydrogen (secondary N) is 1. The summed E-state index contributed by atoms with van der Waals surface area (Å²) in [6.45, 7) is 6.77. The number of thioether (sulfide) groups is 1. The van der Waals surface area contributed by atoms with E-state index in [4.69, 9.17) is 5.73 Å². The van der Waals surface area contributed by atoms with Crippen molar-refractivity contribution < 1.29 is 4.79 Å². The molecule has 6 heteroatoms. The van der Waals surface area contributed by atoms with Gasteiger partial charge in [-0.2, -0.15) is 5.10 Å². The van der Waals surface area contributed by atoms with E-state index in [1.165, 1.54) is 0 Å². The first kappa shape index (κ1) is 17.0. The number of hydrogen-bond donors (Lipinski definition) is 2. The number of nitrogens with zero attached hydrogens (tertiary/aromatic N) is 2. The molecule has 20 heavy (non-hydrogen) atoms. The van der Waals surface area contributed by atoms with Crippen molar-refractivity contribution in [3.8, 4) is 0 Å². The maximum atomic E-state index is 11.6. The number of hydrogen-bond acceptors (Lipinski definition) is 4. The van der Waals surface area contributed by atoms with E-state index >= 15 is 0 Å². The lowest BCUT2D eigenvalue weighted by atomic mass is 9.95. The van der Waals surface area contributed by atoms with E-state index < -0.39 is 5.54 Å². The van der Waals surface area contributed by atoms with Gasteiger partial charge in [-0.05, 0) is 51.5 Å². The SMILES string of the molecule is CCCNC(C)(CCCSc1cc(C)nn1C)C(N)=O. The number of primary amides is 1. The third kappa shape index (κ3) is 4.83. The molecule has 0 saturated carbocycles. The predicted octanol–water partition coefficient (Wildman–Crippen LogP) is 1.84. The fraction of sp³-hybridized carbons (Fsp3) is 0.714. The molecule has 1 amide bonds. The lowest BCUT2D eigenvalue weighted by molar-refractivity contribution is -0.124. The Morgan fingerprint density at radius 2 is 2.30 bits per heavy atom. The molecular weight excluding hydrogens is 272 g/mol. The Labute approximate surface area is 125 Å². The van der Waals surface area contributed by atoms with Gasteiger partial charge in [0.05, 0.1) is 16.3 Å². The molecule has 0 saturated heterocycles. The molecule has 1 aromatic heterocycles. The van der Waals surface area contributed by atoms with Gasteiger partial charge in [-0.15, -0.1) is 11.8 Å². The molecule has 0 aromatic carbocycles. The van der Waals surface area contributed by atoms with Gasteiger partial charge in [-0.1, -0.05) is 6.92 Å². The number of nitrogens with two attached hydrogens (primary N) is 1. The smallest absolute Gasteiger partial charge is 0.237 e. The van der Waals surface area contributed by atoms with Crippen LogP contribution in [0.3, 0.4) is 0 Å². The molecule has 5 nitrogen and oxygen atoms in total. The summed E-state index contributed by atoms with van der Waals surface area (Å²) in [6, 6.07) is 2.08. The number of amides is 1. The van der Waals surface area contributed by atoms with Gasteiger partial charge in [0.25, 0.3) is 0 Å². The highest BCUT2D eigenvalue weighted by Gasteiger charge is 2.29. The van der Waals surface area contributed by atoms with E-state index in [-0.39, 0.29) is 5.91 Å². The summed E-state index contributed by atoms with van der Waals surface area (Å²) in [5.74, 6) is 0.683. The Bertz CT molecular complexity index is 446. The minimum Gasteiger partial charge on any atom is -0.368 e. The van der Waals surface area contributed by atoms with E-state index in [0.717, 1.165) is 42.3 Å². The van der Waals surface area contributed by atoms with Crippen molar-refractivity contribution in [2.45, 2.75) is 50.6 Å². The molecule has 3 N–H and O–H groups in total. The minimum absolute atomic E-state index is 0.271. The van der Waals surface area contributed by atoms with Gasteiger partial charge in [0.1, 0.15) is 0 Å². The first-order valence-electron chi connectivity index (χ1n) is 7.07. The molecular formula is C14H26N4OS. The Morgan fingerprint density at radius 1 is 1.60 bits per heavy atom. The van der Waals surface area contributed by atoms with Crippen molar-refractivity contribution >= 4 is 17.7 Å². The predicted molar refractivity (Wildman–Crippen MR) is 83.8 cm³/mol. The summed E-state index contributed by atoms with van der Waals surface area (Å²) < 4.78 is 1.89. The zero-order valence-corrected chi connectivity index (χ0v) is 13.7. The molecule has 0 aliphatic rings. The van der Waals surface area contributed by atoms with Crippen LogP contribution in [0.4, 0.5) is 0 Å². The number of aryl methyl sites for hydroxylation is 2. The highest BCUT2D eigenvalue weighted by Crippen LogP contribution is 2.21. The lowest BCUT2D eigenvalue weighted by Gasteiger charge is -2.27. The van der Waals surface area contributed by atoms with Crippen molar-refractivity contribution in [3.63, 3.8) is 0 Å². The monoisotopic (exact) mass is 298 g/mol. The number of aromatic nitrogens is 2. The second-order valence-electron chi connectivity index (χ2n) is 5.32. The molecule has 0 aliphatic carbocycles. The molecule has 0 radical (unpaired) electrons. The molecule has 1 atom stereocenters. The van der Waals surface area contributed by atoms with Crippen molar-refractivity contribution in [2.24, 2.45) is 12.8 Å². The van der Waals surface area contributed by atoms with Crippen LogP contribution in [0.2, 0.25) is 0 Å². The topological polar surface area (TPSA) is 72.9 Å². The highest BCUT2D eigenvalue weighted by atomic mass is 32.2. The van der Waals surface area contributed by atoms with Crippen LogP contribution in [-0.4, -0.2) is 33.5 Å². The average molecular weight is 298 g/mol. The van der Waals surface area contributed by atoms with Gasteiger partial charge < -0.3 is 11.1 Å². The van der Waals surface area contributed by atoms with E-state index in [0.29, 0.717) is 0 Å². The maximum Gasteiger partial charge on any atom is 0.237 e. The summed E-state index contributed by atoms with van der Waals surface area (Å²) in [7, 11) is 1.95. The minimum atomic E-state index is -0.598. The summed E-state index contributed by atoms with van der Waals surface area (Å²) in [6.07, 6.45) is 2.68. The Hall–Kier alpha value is -1.01. The lowest BCUT2D eigenvalue weighted by Crippen LogP contribution is -2.53. The fourth-order valence-electron chi connectivity index (χ4n) is 2.02. The molecule has 1 unspecified atom stereocenters. The number of rotatable bonds is 9. The maximum absolute atomic E-state index is 11.6. The summed E-state index contributed by atoms with van der Waals surface area (Å²) in [5.41, 5.74) is 5.94. The molecule has 1 heterocycles. The van der Waals surface area contributed by atoms with Crippen molar-refractivity contribution in [1.29, 1.82) is 0 Å². The van der Waals surface area contributed by atoms with E-state index in [9.17, 15) is 4.79 Å². The van der Waals surface area contributed by atoms with Gasteiger partial charge in [0.2, 0.25) is 5.91 Å². The molecule has 0 spiro atoms. The molecule has 114 valence electrons. The van der Waals surface area contributed by atoms with E-state index in [2.05, 4.69) is 23.4 Å². The second-order valence-corrected chi connectivity index (χ2v) is 6.44. The van der Waals surface area contributed by atoms with Crippen LogP contribution >= 0.6 is 11.8 Å². The normalized spacial score (nSPS) is 14.2. The zero-order chi connectivity index (χ0) is 15.2. The van der Waals surface area contributed by atoms with Crippen LogP contribution in [-0.2, 0) is 11.8 Å². The number of carbonyl (C=O) groups is 1. The zero-order valence-electron chi connectivity index (χ0n) is 12.9. The number of carbonyl (C=O) groups excluding carboxylic acids is 1. The van der Waals surface area contributed by atoms with Gasteiger partial charge in [-0.3, -0.25) is 9.48 Å². The van der Waals surface area contributed by atoms with Crippen LogP contribution in [0.25, 0.3) is 0 Å². The molecule has 1 aromatic rings. The summed E-state index contributed by atoms with van der Waals surface area (Å²) in [5, 5.41) is 8.73. The second kappa shape index (κ2) is 7.69. The summed E-state index contributed by atoms with van der Waals surface area (Å²) in [4.78, 5) is 11.6. The Kier molecular flexibility index (Phi) is 6.55. The van der Waals surface area contributed by atoms with Crippen LogP contribution in [0.15, 0.2) is 11.1 Å². The molecule has 0 bridgehead atoms. The van der Waals surface area contributed by atoms with Crippen LogP contribution in [0.5, 0.6) is 0 Å². The van der Waals surface area contributed by atoms with Crippen LogP contribution in [0, 0.1) is 6.92 Å². The highest BCUT2D eigenvalue weighted by molar-refractivity contribution is 7.99. The van der Waals surface area contributed by atoms with E-state index in [1.54, 1.807) is 11.8 Å². The van der Waals surface area contributed by atoms with Crippen molar-refractivity contribution in [2.75, 3.05) is 12.3 Å². The first-order valence-corrected chi connectivity index (χ1v) is 8.06. The first-order chi connectivity index (χ1) is 9.39. The van der Waals surface area contributed by atoms with Gasteiger partial charge in [0, 0.05) is 7.05 Å². The summed E-state index contributed by atoms with van der Waals surface area (Å²) >= 11 is 1.76. The Morgan fingerprint density at radius 3 is 2.80 bits per heavy atom.